The van der Waals surface area contributed by atoms with Crippen molar-refractivity contribution in [3.63, 3.8) is 0 Å². The van der Waals surface area contributed by atoms with Crippen LogP contribution in [0.2, 0.25) is 0 Å². The van der Waals surface area contributed by atoms with Gasteiger partial charge in [0.25, 0.3) is 0 Å². The van der Waals surface area contributed by atoms with Crippen LogP contribution in [0.4, 0.5) is 0 Å². The maximum atomic E-state index is 5.54. The van der Waals surface area contributed by atoms with Gasteiger partial charge in [-0.15, -0.1) is 0 Å². The molecule has 1 heterocycles. The predicted octanol–water partition coefficient (Wildman–Crippen LogP) is 3.22. The van der Waals surface area contributed by atoms with Crippen LogP contribution in [0.15, 0.2) is 18.2 Å². The molecule has 0 bridgehead atoms. The maximum absolute atomic E-state index is 5.54. The SMILES string of the molecule is CCc1ccc(OC)c(CC(C)C2OC2C)c1. The van der Waals surface area contributed by atoms with Crippen molar-refractivity contribution >= 4 is 0 Å². The maximum Gasteiger partial charge on any atom is 0.122 e. The van der Waals surface area contributed by atoms with Gasteiger partial charge in [-0.1, -0.05) is 26.0 Å². The van der Waals surface area contributed by atoms with Gasteiger partial charge in [0.15, 0.2) is 0 Å². The molecule has 1 fully saturated rings. The van der Waals surface area contributed by atoms with Crippen LogP contribution in [0, 0.1) is 5.92 Å². The van der Waals surface area contributed by atoms with Gasteiger partial charge in [-0.2, -0.15) is 0 Å². The van der Waals surface area contributed by atoms with Crippen molar-refractivity contribution in [2.75, 3.05) is 7.11 Å². The van der Waals surface area contributed by atoms with Crippen LogP contribution in [0.5, 0.6) is 5.75 Å². The molecule has 0 spiro atoms. The van der Waals surface area contributed by atoms with E-state index in [9.17, 15) is 0 Å². The average Bonchev–Trinajstić information content (AvgIpc) is 3.06. The van der Waals surface area contributed by atoms with Crippen molar-refractivity contribution in [3.8, 4) is 5.75 Å². The molecule has 1 aliphatic rings. The fourth-order valence-corrected chi connectivity index (χ4v) is 2.47. The number of epoxide rings is 1. The highest BCUT2D eigenvalue weighted by Crippen LogP contribution is 2.33. The molecule has 3 unspecified atom stereocenters. The van der Waals surface area contributed by atoms with E-state index in [2.05, 4.69) is 39.0 Å². The molecule has 0 amide bonds. The minimum Gasteiger partial charge on any atom is -0.496 e. The minimum absolute atomic E-state index is 0.435. The summed E-state index contributed by atoms with van der Waals surface area (Å²) in [5.41, 5.74) is 2.68. The highest BCUT2D eigenvalue weighted by molar-refractivity contribution is 5.37. The monoisotopic (exact) mass is 234 g/mol. The molecule has 0 N–H and O–H groups in total. The van der Waals surface area contributed by atoms with E-state index in [1.165, 1.54) is 11.1 Å². The largest absolute Gasteiger partial charge is 0.496 e. The van der Waals surface area contributed by atoms with Crippen LogP contribution in [0.25, 0.3) is 0 Å². The van der Waals surface area contributed by atoms with Gasteiger partial charge in [0, 0.05) is 0 Å². The lowest BCUT2D eigenvalue weighted by atomic mass is 9.94. The van der Waals surface area contributed by atoms with E-state index in [1.807, 2.05) is 0 Å². The van der Waals surface area contributed by atoms with Crippen LogP contribution in [-0.2, 0) is 17.6 Å². The van der Waals surface area contributed by atoms with Crippen molar-refractivity contribution in [2.45, 2.75) is 45.8 Å². The Morgan fingerprint density at radius 3 is 2.65 bits per heavy atom. The van der Waals surface area contributed by atoms with Gasteiger partial charge in [0.2, 0.25) is 0 Å². The molecule has 1 saturated heterocycles. The second-order valence-electron chi connectivity index (χ2n) is 4.99. The Morgan fingerprint density at radius 1 is 1.41 bits per heavy atom. The van der Waals surface area contributed by atoms with Gasteiger partial charge in [-0.25, -0.2) is 0 Å². The molecule has 1 aliphatic heterocycles. The first-order valence-electron chi connectivity index (χ1n) is 6.47. The number of rotatable bonds is 5. The van der Waals surface area contributed by atoms with Gasteiger partial charge in [0.1, 0.15) is 5.75 Å². The fourth-order valence-electron chi connectivity index (χ4n) is 2.47. The van der Waals surface area contributed by atoms with Crippen molar-refractivity contribution in [1.29, 1.82) is 0 Å². The highest BCUT2D eigenvalue weighted by Gasteiger charge is 2.38. The van der Waals surface area contributed by atoms with Crippen LogP contribution in [-0.4, -0.2) is 19.3 Å². The van der Waals surface area contributed by atoms with Crippen LogP contribution < -0.4 is 4.74 Å². The van der Waals surface area contributed by atoms with Crippen molar-refractivity contribution < 1.29 is 9.47 Å². The molecule has 0 aliphatic carbocycles. The van der Waals surface area contributed by atoms with Crippen molar-refractivity contribution in [1.82, 2.24) is 0 Å². The van der Waals surface area contributed by atoms with E-state index in [0.717, 1.165) is 18.6 Å². The average molecular weight is 234 g/mol. The molecule has 0 radical (unpaired) electrons. The summed E-state index contributed by atoms with van der Waals surface area (Å²) in [5, 5.41) is 0. The molecular formula is C15H22O2. The topological polar surface area (TPSA) is 21.8 Å². The summed E-state index contributed by atoms with van der Waals surface area (Å²) in [5.74, 6) is 1.56. The van der Waals surface area contributed by atoms with E-state index in [4.69, 9.17) is 9.47 Å². The molecule has 1 aromatic carbocycles. The summed E-state index contributed by atoms with van der Waals surface area (Å²) in [6, 6.07) is 6.49. The zero-order valence-electron chi connectivity index (χ0n) is 11.2. The first-order valence-corrected chi connectivity index (χ1v) is 6.47. The second kappa shape index (κ2) is 5.09. The Bertz CT molecular complexity index is 387. The van der Waals surface area contributed by atoms with E-state index >= 15 is 0 Å². The summed E-state index contributed by atoms with van der Waals surface area (Å²) < 4.78 is 11.0. The lowest BCUT2D eigenvalue weighted by Crippen LogP contribution is -2.10. The molecule has 3 atom stereocenters. The van der Waals surface area contributed by atoms with E-state index < -0.39 is 0 Å². The van der Waals surface area contributed by atoms with Crippen LogP contribution >= 0.6 is 0 Å². The number of ether oxygens (including phenoxy) is 2. The normalized spacial score (nSPS) is 24.5. The van der Waals surface area contributed by atoms with Gasteiger partial charge >= 0.3 is 0 Å². The smallest absolute Gasteiger partial charge is 0.122 e. The third-order valence-electron chi connectivity index (χ3n) is 3.61. The van der Waals surface area contributed by atoms with Gasteiger partial charge in [-0.05, 0) is 42.9 Å². The number of benzene rings is 1. The first kappa shape index (κ1) is 12.4. The molecule has 17 heavy (non-hydrogen) atoms. The number of hydrogen-bond donors (Lipinski definition) is 0. The summed E-state index contributed by atoms with van der Waals surface area (Å²) >= 11 is 0. The third kappa shape index (κ3) is 2.81. The Labute approximate surface area is 104 Å². The van der Waals surface area contributed by atoms with Crippen LogP contribution in [0.3, 0.4) is 0 Å². The molecule has 2 nitrogen and oxygen atoms in total. The second-order valence-corrected chi connectivity index (χ2v) is 4.99. The lowest BCUT2D eigenvalue weighted by molar-refractivity contribution is 0.325. The van der Waals surface area contributed by atoms with Crippen molar-refractivity contribution in [3.05, 3.63) is 29.3 Å². The fraction of sp³-hybridized carbons (Fsp3) is 0.600. The molecule has 2 rings (SSSR count). The van der Waals surface area contributed by atoms with Crippen LogP contribution in [0.1, 0.15) is 31.9 Å². The lowest BCUT2D eigenvalue weighted by Gasteiger charge is -2.13. The molecular weight excluding hydrogens is 212 g/mol. The zero-order chi connectivity index (χ0) is 12.4. The van der Waals surface area contributed by atoms with Gasteiger partial charge in [0.05, 0.1) is 19.3 Å². The summed E-state index contributed by atoms with van der Waals surface area (Å²) in [6.07, 6.45) is 2.98. The molecule has 1 aromatic rings. The highest BCUT2D eigenvalue weighted by atomic mass is 16.6. The standard InChI is InChI=1S/C15H22O2/c1-5-12-6-7-14(16-4)13(9-12)8-10(2)15-11(3)17-15/h6-7,9-11,15H,5,8H2,1-4H3. The quantitative estimate of drug-likeness (QED) is 0.730. The van der Waals surface area contributed by atoms with E-state index in [0.29, 0.717) is 18.1 Å². The predicted molar refractivity (Wildman–Crippen MR) is 69.6 cm³/mol. The van der Waals surface area contributed by atoms with Crippen molar-refractivity contribution in [2.24, 2.45) is 5.92 Å². The third-order valence-corrected chi connectivity index (χ3v) is 3.61. The Balaban J connectivity index is 2.12. The molecule has 0 aromatic heterocycles. The molecule has 0 saturated carbocycles. The molecule has 94 valence electrons. The minimum atomic E-state index is 0.435. The Morgan fingerprint density at radius 2 is 2.12 bits per heavy atom. The summed E-state index contributed by atoms with van der Waals surface area (Å²) in [7, 11) is 1.74. The Hall–Kier alpha value is -1.02. The Kier molecular flexibility index (Phi) is 3.72. The van der Waals surface area contributed by atoms with E-state index in [-0.39, 0.29) is 0 Å². The number of aryl methyl sites for hydroxylation is 1. The molecule has 2 heteroatoms. The number of hydrogen-bond acceptors (Lipinski definition) is 2. The summed E-state index contributed by atoms with van der Waals surface area (Å²) in [4.78, 5) is 0. The van der Waals surface area contributed by atoms with Gasteiger partial charge < -0.3 is 9.47 Å². The number of methoxy groups -OCH3 is 1. The summed E-state index contributed by atoms with van der Waals surface area (Å²) in [6.45, 7) is 6.58. The van der Waals surface area contributed by atoms with Gasteiger partial charge in [-0.3, -0.25) is 0 Å². The first-order chi connectivity index (χ1) is 8.15. The van der Waals surface area contributed by atoms with E-state index in [1.54, 1.807) is 7.11 Å². The zero-order valence-corrected chi connectivity index (χ0v) is 11.2.